The first-order valence-electron chi connectivity index (χ1n) is 5.42. The highest BCUT2D eigenvalue weighted by Gasteiger charge is 2.26. The third kappa shape index (κ3) is 1.62. The van der Waals surface area contributed by atoms with E-state index in [1.54, 1.807) is 0 Å². The molecule has 1 N–H and O–H groups in total. The summed E-state index contributed by atoms with van der Waals surface area (Å²) in [6, 6.07) is 15.8. The molecular formula is C13H10N4. The van der Waals surface area contributed by atoms with Gasteiger partial charge in [0.05, 0.1) is 6.07 Å². The second-order valence-corrected chi connectivity index (χ2v) is 4.00. The van der Waals surface area contributed by atoms with Crippen molar-refractivity contribution in [1.82, 2.24) is 5.43 Å². The first-order chi connectivity index (χ1) is 8.38. The Bertz CT molecular complexity index is 627. The number of rotatable bonds is 1. The monoisotopic (exact) mass is 222 g/mol. The number of nitriles is 1. The number of benzene rings is 2. The quantitative estimate of drug-likeness (QED) is 0.806. The van der Waals surface area contributed by atoms with E-state index in [1.165, 1.54) is 5.39 Å². The largest absolute Gasteiger partial charge is 0.272 e. The fraction of sp³-hybridized carbons (Fsp3) is 0.154. The zero-order valence-electron chi connectivity index (χ0n) is 9.04. The summed E-state index contributed by atoms with van der Waals surface area (Å²) in [5, 5.41) is 19.1. The minimum absolute atomic E-state index is 0.204. The van der Waals surface area contributed by atoms with E-state index in [0.717, 1.165) is 10.9 Å². The van der Waals surface area contributed by atoms with Gasteiger partial charge in [0.15, 0.2) is 6.04 Å². The summed E-state index contributed by atoms with van der Waals surface area (Å²) in [7, 11) is 0. The van der Waals surface area contributed by atoms with Crippen molar-refractivity contribution in [3.05, 3.63) is 48.0 Å². The van der Waals surface area contributed by atoms with Gasteiger partial charge in [-0.05, 0) is 22.4 Å². The Morgan fingerprint density at radius 1 is 1.12 bits per heavy atom. The first-order valence-corrected chi connectivity index (χ1v) is 5.42. The predicted molar refractivity (Wildman–Crippen MR) is 64.1 cm³/mol. The van der Waals surface area contributed by atoms with E-state index >= 15 is 0 Å². The molecule has 0 radical (unpaired) electrons. The third-order valence-corrected chi connectivity index (χ3v) is 2.95. The molecule has 0 saturated carbocycles. The van der Waals surface area contributed by atoms with Crippen LogP contribution in [0.25, 0.3) is 10.8 Å². The highest BCUT2D eigenvalue weighted by molar-refractivity contribution is 5.83. The summed E-state index contributed by atoms with van der Waals surface area (Å²) in [6.45, 7) is 0. The molecule has 1 heterocycles. The maximum absolute atomic E-state index is 8.98. The standard InChI is InChI=1S/C13H10N4/c14-8-12-13(16-17-15-12)11-6-5-9-3-1-2-4-10(9)7-11/h1-7,12-13H,(H,15,16)/t12-,13+/m0/s1. The number of nitrogens with one attached hydrogen (secondary N) is 1. The Balaban J connectivity index is 2.07. The summed E-state index contributed by atoms with van der Waals surface area (Å²) in [4.78, 5) is 0. The van der Waals surface area contributed by atoms with Crippen molar-refractivity contribution in [3.8, 4) is 6.07 Å². The first kappa shape index (κ1) is 9.79. The predicted octanol–water partition coefficient (Wildman–Crippen LogP) is 2.74. The number of hydrogen-bond donors (Lipinski definition) is 1. The van der Waals surface area contributed by atoms with Crippen molar-refractivity contribution in [2.24, 2.45) is 10.3 Å². The second kappa shape index (κ2) is 3.87. The molecule has 0 saturated heterocycles. The molecule has 1 aliphatic heterocycles. The minimum Gasteiger partial charge on any atom is -0.272 e. The average molecular weight is 222 g/mol. The average Bonchev–Trinajstić information content (AvgIpc) is 2.86. The van der Waals surface area contributed by atoms with Gasteiger partial charge >= 0.3 is 0 Å². The van der Waals surface area contributed by atoms with E-state index in [-0.39, 0.29) is 12.1 Å². The highest BCUT2D eigenvalue weighted by atomic mass is 15.5. The van der Waals surface area contributed by atoms with Gasteiger partial charge in [0, 0.05) is 0 Å². The molecule has 0 amide bonds. The van der Waals surface area contributed by atoms with E-state index < -0.39 is 0 Å². The van der Waals surface area contributed by atoms with Gasteiger partial charge in [0.1, 0.15) is 6.04 Å². The van der Waals surface area contributed by atoms with Crippen LogP contribution in [0, 0.1) is 11.3 Å². The molecule has 1 aliphatic rings. The normalized spacial score (nSPS) is 22.3. The molecular weight excluding hydrogens is 212 g/mol. The van der Waals surface area contributed by atoms with Crippen LogP contribution < -0.4 is 5.43 Å². The molecule has 0 aliphatic carbocycles. The lowest BCUT2D eigenvalue weighted by atomic mass is 9.98. The topological polar surface area (TPSA) is 60.5 Å². The maximum Gasteiger partial charge on any atom is 0.160 e. The Morgan fingerprint density at radius 3 is 2.76 bits per heavy atom. The minimum atomic E-state index is -0.365. The van der Waals surface area contributed by atoms with Gasteiger partial charge in [0.2, 0.25) is 0 Å². The molecule has 17 heavy (non-hydrogen) atoms. The molecule has 0 aromatic heterocycles. The number of fused-ring (bicyclic) bond motifs is 1. The van der Waals surface area contributed by atoms with Crippen LogP contribution in [-0.2, 0) is 0 Å². The molecule has 2 aromatic rings. The lowest BCUT2D eigenvalue weighted by Crippen LogP contribution is -2.22. The van der Waals surface area contributed by atoms with Gasteiger partial charge in [-0.25, -0.2) is 0 Å². The van der Waals surface area contributed by atoms with Gasteiger partial charge in [-0.2, -0.15) is 10.4 Å². The molecule has 0 unspecified atom stereocenters. The van der Waals surface area contributed by atoms with Gasteiger partial charge in [0.25, 0.3) is 0 Å². The van der Waals surface area contributed by atoms with Crippen LogP contribution >= 0.6 is 0 Å². The van der Waals surface area contributed by atoms with Crippen LogP contribution in [0.5, 0.6) is 0 Å². The van der Waals surface area contributed by atoms with E-state index in [2.05, 4.69) is 40.0 Å². The number of nitrogens with zero attached hydrogens (tertiary/aromatic N) is 3. The molecule has 4 heteroatoms. The van der Waals surface area contributed by atoms with Crippen molar-refractivity contribution in [2.75, 3.05) is 0 Å². The van der Waals surface area contributed by atoms with Crippen molar-refractivity contribution in [2.45, 2.75) is 12.1 Å². The van der Waals surface area contributed by atoms with Gasteiger partial charge in [-0.1, -0.05) is 41.6 Å². The van der Waals surface area contributed by atoms with Gasteiger partial charge < -0.3 is 0 Å². The van der Waals surface area contributed by atoms with Crippen LogP contribution in [0.3, 0.4) is 0 Å². The Morgan fingerprint density at radius 2 is 1.94 bits per heavy atom. The molecule has 2 atom stereocenters. The molecule has 4 nitrogen and oxygen atoms in total. The van der Waals surface area contributed by atoms with Crippen LogP contribution in [0.15, 0.2) is 52.8 Å². The van der Waals surface area contributed by atoms with Crippen molar-refractivity contribution < 1.29 is 0 Å². The Kier molecular flexibility index (Phi) is 2.23. The van der Waals surface area contributed by atoms with E-state index in [1.807, 2.05) is 24.3 Å². The molecule has 0 spiro atoms. The summed E-state index contributed by atoms with van der Waals surface area (Å²) in [5.41, 5.74) is 3.72. The molecule has 82 valence electrons. The van der Waals surface area contributed by atoms with E-state index in [9.17, 15) is 0 Å². The summed E-state index contributed by atoms with van der Waals surface area (Å²) >= 11 is 0. The van der Waals surface area contributed by atoms with Crippen molar-refractivity contribution >= 4 is 10.8 Å². The molecule has 2 aromatic carbocycles. The maximum atomic E-state index is 8.98. The zero-order chi connectivity index (χ0) is 11.7. The summed E-state index contributed by atoms with van der Waals surface area (Å²) < 4.78 is 0. The third-order valence-electron chi connectivity index (χ3n) is 2.95. The molecule has 3 rings (SSSR count). The van der Waals surface area contributed by atoms with Gasteiger partial charge in [-0.15, -0.1) is 0 Å². The van der Waals surface area contributed by atoms with E-state index in [4.69, 9.17) is 5.26 Å². The highest BCUT2D eigenvalue weighted by Crippen LogP contribution is 2.28. The molecule has 0 fully saturated rings. The lowest BCUT2D eigenvalue weighted by Gasteiger charge is -2.10. The zero-order valence-corrected chi connectivity index (χ0v) is 9.04. The molecule has 0 bridgehead atoms. The van der Waals surface area contributed by atoms with Crippen LogP contribution in [0.4, 0.5) is 0 Å². The van der Waals surface area contributed by atoms with Crippen LogP contribution in [0.1, 0.15) is 11.6 Å². The fourth-order valence-electron chi connectivity index (χ4n) is 2.05. The van der Waals surface area contributed by atoms with Crippen molar-refractivity contribution in [3.63, 3.8) is 0 Å². The van der Waals surface area contributed by atoms with Crippen LogP contribution in [0.2, 0.25) is 0 Å². The second-order valence-electron chi connectivity index (χ2n) is 4.00. The Labute approximate surface area is 98.6 Å². The lowest BCUT2D eigenvalue weighted by molar-refractivity contribution is 0.631. The number of hydrogen-bond acceptors (Lipinski definition) is 4. The summed E-state index contributed by atoms with van der Waals surface area (Å²) in [6.07, 6.45) is 0. The van der Waals surface area contributed by atoms with E-state index in [0.29, 0.717) is 0 Å². The van der Waals surface area contributed by atoms with Gasteiger partial charge in [-0.3, -0.25) is 5.43 Å². The SMILES string of the molecule is N#C[C@@H]1NN=N[C@@H]1c1ccc2ccccc2c1. The van der Waals surface area contributed by atoms with Crippen molar-refractivity contribution in [1.29, 1.82) is 5.26 Å². The fourth-order valence-corrected chi connectivity index (χ4v) is 2.05. The van der Waals surface area contributed by atoms with Crippen LogP contribution in [-0.4, -0.2) is 6.04 Å². The Hall–Kier alpha value is -2.41. The summed E-state index contributed by atoms with van der Waals surface area (Å²) in [5.74, 6) is 0. The smallest absolute Gasteiger partial charge is 0.160 e.